The molecule has 0 atom stereocenters. The third-order valence-corrected chi connectivity index (χ3v) is 3.14. The Bertz CT molecular complexity index is 669. The zero-order valence-electron chi connectivity index (χ0n) is 12.6. The number of hydrogen-bond donors (Lipinski definition) is 0. The van der Waals surface area contributed by atoms with E-state index in [4.69, 9.17) is 9.47 Å². The van der Waals surface area contributed by atoms with Crippen LogP contribution in [0, 0.1) is 0 Å². The second-order valence-corrected chi connectivity index (χ2v) is 4.65. The van der Waals surface area contributed by atoms with E-state index in [1.807, 2.05) is 0 Å². The van der Waals surface area contributed by atoms with E-state index in [1.54, 1.807) is 18.2 Å². The number of benzene rings is 2. The van der Waals surface area contributed by atoms with Gasteiger partial charge in [0.05, 0.1) is 14.2 Å². The van der Waals surface area contributed by atoms with Crippen LogP contribution in [0.15, 0.2) is 49.0 Å². The van der Waals surface area contributed by atoms with Crippen molar-refractivity contribution < 1.29 is 27.4 Å². The van der Waals surface area contributed by atoms with Crippen molar-refractivity contribution in [3.05, 3.63) is 60.2 Å². The van der Waals surface area contributed by atoms with Crippen molar-refractivity contribution in [2.24, 2.45) is 0 Å². The van der Waals surface area contributed by atoms with Crippen molar-refractivity contribution in [2.75, 3.05) is 14.2 Å². The molecule has 0 saturated heterocycles. The van der Waals surface area contributed by atoms with Gasteiger partial charge in [-0.3, -0.25) is 0 Å². The van der Waals surface area contributed by atoms with Crippen molar-refractivity contribution in [3.8, 4) is 17.2 Å². The van der Waals surface area contributed by atoms with Crippen molar-refractivity contribution >= 4 is 5.57 Å². The normalized spacial score (nSPS) is 11.0. The third kappa shape index (κ3) is 4.42. The lowest BCUT2D eigenvalue weighted by Crippen LogP contribution is -2.16. The molecule has 0 N–H and O–H groups in total. The SMILES string of the molecule is C=C(c1ccc(OC(F)(F)F)cc1)c1cc(OC)cc(OC)c1. The summed E-state index contributed by atoms with van der Waals surface area (Å²) < 4.78 is 50.7. The number of ether oxygens (including phenoxy) is 3. The molecule has 0 saturated carbocycles. The molecule has 6 heteroatoms. The van der Waals surface area contributed by atoms with Gasteiger partial charge < -0.3 is 14.2 Å². The molecule has 122 valence electrons. The van der Waals surface area contributed by atoms with E-state index in [2.05, 4.69) is 11.3 Å². The second-order valence-electron chi connectivity index (χ2n) is 4.65. The number of halogens is 3. The summed E-state index contributed by atoms with van der Waals surface area (Å²) in [5, 5.41) is 0. The standard InChI is InChI=1S/C17H15F3O3/c1-11(13-8-15(21-2)10-16(9-13)22-3)12-4-6-14(7-5-12)23-17(18,19)20/h4-10H,1H2,2-3H3. The minimum Gasteiger partial charge on any atom is -0.497 e. The molecular formula is C17H15F3O3. The van der Waals surface area contributed by atoms with Crippen LogP contribution < -0.4 is 14.2 Å². The number of alkyl halides is 3. The van der Waals surface area contributed by atoms with Crippen molar-refractivity contribution in [3.63, 3.8) is 0 Å². The van der Waals surface area contributed by atoms with Gasteiger partial charge in [0.2, 0.25) is 0 Å². The van der Waals surface area contributed by atoms with Crippen LogP contribution >= 0.6 is 0 Å². The van der Waals surface area contributed by atoms with Crippen LogP contribution in [0.3, 0.4) is 0 Å². The van der Waals surface area contributed by atoms with Gasteiger partial charge in [0.15, 0.2) is 0 Å². The van der Waals surface area contributed by atoms with Crippen molar-refractivity contribution in [1.82, 2.24) is 0 Å². The monoisotopic (exact) mass is 324 g/mol. The van der Waals surface area contributed by atoms with Crippen LogP contribution in [0.5, 0.6) is 17.2 Å². The minimum atomic E-state index is -4.71. The van der Waals surface area contributed by atoms with Gasteiger partial charge in [-0.25, -0.2) is 0 Å². The molecule has 0 fully saturated rings. The Hall–Kier alpha value is -2.63. The Labute approximate surface area is 131 Å². The van der Waals surface area contributed by atoms with Gasteiger partial charge in [-0.15, -0.1) is 13.2 Å². The van der Waals surface area contributed by atoms with E-state index in [-0.39, 0.29) is 5.75 Å². The molecule has 0 aromatic heterocycles. The van der Waals surface area contributed by atoms with Crippen molar-refractivity contribution in [2.45, 2.75) is 6.36 Å². The van der Waals surface area contributed by atoms with E-state index < -0.39 is 6.36 Å². The van der Waals surface area contributed by atoms with Crippen LogP contribution in [0.1, 0.15) is 11.1 Å². The summed E-state index contributed by atoms with van der Waals surface area (Å²) in [6, 6.07) is 10.8. The Morgan fingerprint density at radius 3 is 1.78 bits per heavy atom. The maximum atomic E-state index is 12.2. The van der Waals surface area contributed by atoms with E-state index in [0.29, 0.717) is 22.6 Å². The van der Waals surface area contributed by atoms with Gasteiger partial charge in [0.1, 0.15) is 17.2 Å². The first-order chi connectivity index (χ1) is 10.8. The first-order valence-corrected chi connectivity index (χ1v) is 6.61. The van der Waals surface area contributed by atoms with E-state index in [9.17, 15) is 13.2 Å². The van der Waals surface area contributed by atoms with E-state index in [1.165, 1.54) is 38.5 Å². The van der Waals surface area contributed by atoms with Gasteiger partial charge in [-0.05, 0) is 41.0 Å². The highest BCUT2D eigenvalue weighted by molar-refractivity contribution is 5.79. The van der Waals surface area contributed by atoms with Gasteiger partial charge in [-0.1, -0.05) is 18.7 Å². The molecule has 3 nitrogen and oxygen atoms in total. The topological polar surface area (TPSA) is 27.7 Å². The summed E-state index contributed by atoms with van der Waals surface area (Å²) in [6.07, 6.45) is -4.71. The Balaban J connectivity index is 2.26. The quantitative estimate of drug-likeness (QED) is 0.800. The summed E-state index contributed by atoms with van der Waals surface area (Å²) in [4.78, 5) is 0. The summed E-state index contributed by atoms with van der Waals surface area (Å²) in [7, 11) is 3.06. The highest BCUT2D eigenvalue weighted by Crippen LogP contribution is 2.31. The fourth-order valence-corrected chi connectivity index (χ4v) is 2.01. The lowest BCUT2D eigenvalue weighted by atomic mass is 9.99. The Morgan fingerprint density at radius 1 is 0.826 bits per heavy atom. The molecule has 2 aromatic rings. The lowest BCUT2D eigenvalue weighted by molar-refractivity contribution is -0.274. The molecule has 0 aliphatic heterocycles. The summed E-state index contributed by atoms with van der Waals surface area (Å²) in [5.74, 6) is 0.910. The highest BCUT2D eigenvalue weighted by atomic mass is 19.4. The average Bonchev–Trinajstić information content (AvgIpc) is 2.52. The van der Waals surface area contributed by atoms with Gasteiger partial charge in [0, 0.05) is 6.07 Å². The fourth-order valence-electron chi connectivity index (χ4n) is 2.01. The summed E-state index contributed by atoms with van der Waals surface area (Å²) >= 11 is 0. The Morgan fingerprint density at radius 2 is 1.35 bits per heavy atom. The summed E-state index contributed by atoms with van der Waals surface area (Å²) in [6.45, 7) is 3.98. The first-order valence-electron chi connectivity index (χ1n) is 6.61. The molecule has 0 spiro atoms. The summed E-state index contributed by atoms with van der Waals surface area (Å²) in [5.41, 5.74) is 2.03. The molecule has 2 rings (SSSR count). The predicted octanol–water partition coefficient (Wildman–Crippen LogP) is 4.66. The zero-order valence-corrected chi connectivity index (χ0v) is 12.6. The van der Waals surface area contributed by atoms with Crippen LogP contribution in [0.25, 0.3) is 5.57 Å². The van der Waals surface area contributed by atoms with E-state index in [0.717, 1.165) is 5.56 Å². The van der Waals surface area contributed by atoms with Gasteiger partial charge in [0.25, 0.3) is 0 Å². The molecule has 0 heterocycles. The molecule has 0 radical (unpaired) electrons. The first kappa shape index (κ1) is 16.7. The van der Waals surface area contributed by atoms with Crippen LogP contribution in [0.4, 0.5) is 13.2 Å². The highest BCUT2D eigenvalue weighted by Gasteiger charge is 2.30. The predicted molar refractivity (Wildman–Crippen MR) is 80.8 cm³/mol. The Kier molecular flexibility index (Phi) is 4.83. The molecule has 23 heavy (non-hydrogen) atoms. The number of methoxy groups -OCH3 is 2. The van der Waals surface area contributed by atoms with Crippen molar-refractivity contribution in [1.29, 1.82) is 0 Å². The van der Waals surface area contributed by atoms with Gasteiger partial charge in [-0.2, -0.15) is 0 Å². The third-order valence-electron chi connectivity index (χ3n) is 3.14. The molecule has 0 aliphatic carbocycles. The van der Waals surface area contributed by atoms with Gasteiger partial charge >= 0.3 is 6.36 Å². The number of hydrogen-bond acceptors (Lipinski definition) is 3. The maximum absolute atomic E-state index is 12.2. The second kappa shape index (κ2) is 6.64. The molecule has 2 aromatic carbocycles. The number of rotatable bonds is 5. The average molecular weight is 324 g/mol. The molecule has 0 unspecified atom stereocenters. The largest absolute Gasteiger partial charge is 0.573 e. The smallest absolute Gasteiger partial charge is 0.497 e. The van der Waals surface area contributed by atoms with Crippen LogP contribution in [0.2, 0.25) is 0 Å². The van der Waals surface area contributed by atoms with Crippen LogP contribution in [-0.2, 0) is 0 Å². The minimum absolute atomic E-state index is 0.280. The van der Waals surface area contributed by atoms with E-state index >= 15 is 0 Å². The molecular weight excluding hydrogens is 309 g/mol. The van der Waals surface area contributed by atoms with Crippen LogP contribution in [-0.4, -0.2) is 20.6 Å². The molecule has 0 amide bonds. The molecule has 0 bridgehead atoms. The maximum Gasteiger partial charge on any atom is 0.573 e. The zero-order chi connectivity index (χ0) is 17.0. The lowest BCUT2D eigenvalue weighted by Gasteiger charge is -2.12. The molecule has 0 aliphatic rings. The fraction of sp³-hybridized carbons (Fsp3) is 0.176.